The zero-order valence-corrected chi connectivity index (χ0v) is 17.0. The van der Waals surface area contributed by atoms with Gasteiger partial charge in [-0.2, -0.15) is 0 Å². The molecule has 0 spiro atoms. The Kier molecular flexibility index (Phi) is 6.96. The lowest BCUT2D eigenvalue weighted by molar-refractivity contribution is -0.858. The van der Waals surface area contributed by atoms with Crippen LogP contribution in [0.15, 0.2) is 29.6 Å². The van der Waals surface area contributed by atoms with Crippen LogP contribution in [0.1, 0.15) is 38.5 Å². The van der Waals surface area contributed by atoms with Crippen LogP contribution >= 0.6 is 11.3 Å². The van der Waals surface area contributed by atoms with Crippen molar-refractivity contribution in [3.8, 4) is 11.3 Å². The molecule has 1 fully saturated rings. The summed E-state index contributed by atoms with van der Waals surface area (Å²) in [6, 6.07) is 6.35. The van der Waals surface area contributed by atoms with Gasteiger partial charge >= 0.3 is 0 Å². The Morgan fingerprint density at radius 3 is 2.59 bits per heavy atom. The smallest absolute Gasteiger partial charge is 0.231 e. The number of hydrogen-bond donors (Lipinski definition) is 1. The van der Waals surface area contributed by atoms with Gasteiger partial charge in [0.1, 0.15) is 5.82 Å². The molecule has 0 atom stereocenters. The summed E-state index contributed by atoms with van der Waals surface area (Å²) in [4.78, 5) is 21.2. The van der Waals surface area contributed by atoms with Crippen molar-refractivity contribution in [3.63, 3.8) is 0 Å². The van der Waals surface area contributed by atoms with Gasteiger partial charge in [-0.05, 0) is 37.1 Å². The number of anilines is 1. The van der Waals surface area contributed by atoms with E-state index in [-0.39, 0.29) is 17.6 Å². The lowest BCUT2D eigenvalue weighted by Gasteiger charge is -2.27. The molecular weight excluding hydrogens is 361 g/mol. The van der Waals surface area contributed by atoms with Gasteiger partial charge in [0.15, 0.2) is 5.13 Å². The molecule has 1 saturated carbocycles. The van der Waals surface area contributed by atoms with Gasteiger partial charge in [-0.3, -0.25) is 9.69 Å². The van der Waals surface area contributed by atoms with Gasteiger partial charge in [-0.1, -0.05) is 19.3 Å². The zero-order valence-electron chi connectivity index (χ0n) is 16.2. The van der Waals surface area contributed by atoms with Crippen molar-refractivity contribution in [3.05, 3.63) is 35.5 Å². The molecular formula is C21H29FN3OS+. The number of thiazole rings is 1. The van der Waals surface area contributed by atoms with Gasteiger partial charge in [0.05, 0.1) is 26.3 Å². The number of quaternary nitrogens is 1. The van der Waals surface area contributed by atoms with Gasteiger partial charge < -0.3 is 4.90 Å². The lowest BCUT2D eigenvalue weighted by Crippen LogP contribution is -3.05. The first-order valence-electron chi connectivity index (χ1n) is 9.86. The van der Waals surface area contributed by atoms with E-state index in [1.165, 1.54) is 34.8 Å². The third-order valence-corrected chi connectivity index (χ3v) is 6.01. The molecule has 1 aromatic carbocycles. The Morgan fingerprint density at radius 1 is 1.22 bits per heavy atom. The van der Waals surface area contributed by atoms with Gasteiger partial charge in [-0.15, -0.1) is 11.3 Å². The second-order valence-corrected chi connectivity index (χ2v) is 8.49. The van der Waals surface area contributed by atoms with Crippen LogP contribution in [-0.2, 0) is 4.79 Å². The molecule has 146 valence electrons. The van der Waals surface area contributed by atoms with Gasteiger partial charge in [0.25, 0.3) is 0 Å². The van der Waals surface area contributed by atoms with E-state index in [1.807, 2.05) is 10.3 Å². The van der Waals surface area contributed by atoms with E-state index < -0.39 is 0 Å². The minimum absolute atomic E-state index is 0.128. The molecule has 1 aliphatic carbocycles. The van der Waals surface area contributed by atoms with Gasteiger partial charge in [0, 0.05) is 29.8 Å². The number of benzene rings is 1. The third kappa shape index (κ3) is 5.36. The number of carbonyl (C=O) groups is 1. The van der Waals surface area contributed by atoms with Crippen molar-refractivity contribution in [2.75, 3.05) is 32.1 Å². The summed E-state index contributed by atoms with van der Waals surface area (Å²) in [5.74, 6) is 0.0987. The summed E-state index contributed by atoms with van der Waals surface area (Å²) < 4.78 is 13.2. The molecule has 1 aromatic heterocycles. The maximum Gasteiger partial charge on any atom is 0.231 e. The summed E-state index contributed by atoms with van der Waals surface area (Å²) in [5.41, 5.74) is 1.68. The summed E-state index contributed by atoms with van der Waals surface area (Å²) >= 11 is 1.50. The second kappa shape index (κ2) is 9.42. The Labute approximate surface area is 165 Å². The van der Waals surface area contributed by atoms with E-state index in [4.69, 9.17) is 4.98 Å². The highest BCUT2D eigenvalue weighted by molar-refractivity contribution is 7.14. The molecule has 6 heteroatoms. The second-order valence-electron chi connectivity index (χ2n) is 7.66. The fraction of sp³-hybridized carbons (Fsp3) is 0.524. The largest absolute Gasteiger partial charge is 0.340 e. The van der Waals surface area contributed by atoms with Gasteiger partial charge in [0.2, 0.25) is 5.91 Å². The predicted molar refractivity (Wildman–Crippen MR) is 109 cm³/mol. The van der Waals surface area contributed by atoms with E-state index in [0.29, 0.717) is 6.54 Å². The number of hydrogen-bond acceptors (Lipinski definition) is 3. The Bertz CT molecular complexity index is 738. The van der Waals surface area contributed by atoms with E-state index in [2.05, 4.69) is 14.1 Å². The zero-order chi connectivity index (χ0) is 19.2. The van der Waals surface area contributed by atoms with Crippen molar-refractivity contribution in [1.82, 2.24) is 4.98 Å². The molecule has 1 amide bonds. The molecule has 0 radical (unpaired) electrons. The molecule has 3 rings (SSSR count). The highest BCUT2D eigenvalue weighted by Crippen LogP contribution is 2.31. The Balaban J connectivity index is 1.78. The normalized spacial score (nSPS) is 15.3. The minimum Gasteiger partial charge on any atom is -0.340 e. The van der Waals surface area contributed by atoms with Crippen LogP contribution in [0.5, 0.6) is 0 Å². The molecule has 0 bridgehead atoms. The van der Waals surface area contributed by atoms with E-state index in [1.54, 1.807) is 12.1 Å². The van der Waals surface area contributed by atoms with Crippen molar-refractivity contribution in [2.45, 2.75) is 38.5 Å². The Morgan fingerprint density at radius 2 is 1.93 bits per heavy atom. The molecule has 27 heavy (non-hydrogen) atoms. The number of halogens is 1. The third-order valence-electron chi connectivity index (χ3n) is 5.14. The predicted octanol–water partition coefficient (Wildman–Crippen LogP) is 3.40. The molecule has 0 aliphatic heterocycles. The summed E-state index contributed by atoms with van der Waals surface area (Å²) in [5, 5.41) is 2.72. The SMILES string of the molecule is C[NH+](C)CCCN(C(=O)C1CCCCC1)c1nc(-c2ccc(F)cc2)cs1. The highest BCUT2D eigenvalue weighted by atomic mass is 32.1. The van der Waals surface area contributed by atoms with Crippen LogP contribution in [0.3, 0.4) is 0 Å². The fourth-order valence-corrected chi connectivity index (χ4v) is 4.47. The number of amides is 1. The van der Waals surface area contributed by atoms with Crippen LogP contribution in [0.2, 0.25) is 0 Å². The van der Waals surface area contributed by atoms with Crippen molar-refractivity contribution >= 4 is 22.4 Å². The first kappa shape index (κ1) is 20.0. The van der Waals surface area contributed by atoms with E-state index in [9.17, 15) is 9.18 Å². The van der Waals surface area contributed by atoms with E-state index >= 15 is 0 Å². The lowest BCUT2D eigenvalue weighted by atomic mass is 9.88. The van der Waals surface area contributed by atoms with Crippen LogP contribution in [-0.4, -0.2) is 38.1 Å². The summed E-state index contributed by atoms with van der Waals surface area (Å²) in [6.45, 7) is 1.72. The number of nitrogens with one attached hydrogen (secondary N) is 1. The molecule has 4 nitrogen and oxygen atoms in total. The molecule has 0 unspecified atom stereocenters. The quantitative estimate of drug-likeness (QED) is 0.787. The van der Waals surface area contributed by atoms with Crippen molar-refractivity contribution < 1.29 is 14.1 Å². The number of nitrogens with zero attached hydrogens (tertiary/aromatic N) is 2. The standard InChI is InChI=1S/C21H28FN3OS/c1-24(2)13-6-14-25(20(26)17-7-4-3-5-8-17)21-23-19(15-27-21)16-9-11-18(22)12-10-16/h9-12,15,17H,3-8,13-14H2,1-2H3/p+1. The first-order valence-corrected chi connectivity index (χ1v) is 10.7. The average molecular weight is 391 g/mol. The van der Waals surface area contributed by atoms with Crippen LogP contribution in [0, 0.1) is 11.7 Å². The molecule has 1 heterocycles. The van der Waals surface area contributed by atoms with Crippen LogP contribution in [0.25, 0.3) is 11.3 Å². The fourth-order valence-electron chi connectivity index (χ4n) is 3.60. The molecule has 0 saturated heterocycles. The number of rotatable bonds is 7. The monoisotopic (exact) mass is 390 g/mol. The number of aromatic nitrogens is 1. The number of carbonyl (C=O) groups excluding carboxylic acids is 1. The molecule has 1 N–H and O–H groups in total. The van der Waals surface area contributed by atoms with Crippen molar-refractivity contribution in [2.24, 2.45) is 5.92 Å². The topological polar surface area (TPSA) is 37.6 Å². The van der Waals surface area contributed by atoms with Gasteiger partial charge in [-0.25, -0.2) is 9.37 Å². The summed E-state index contributed by atoms with van der Waals surface area (Å²) in [7, 11) is 4.26. The van der Waals surface area contributed by atoms with Crippen molar-refractivity contribution in [1.29, 1.82) is 0 Å². The Hall–Kier alpha value is -1.79. The minimum atomic E-state index is -0.255. The molecule has 2 aromatic rings. The maximum absolute atomic E-state index is 13.2. The van der Waals surface area contributed by atoms with Crippen LogP contribution in [0.4, 0.5) is 9.52 Å². The molecule has 1 aliphatic rings. The van der Waals surface area contributed by atoms with Crippen LogP contribution < -0.4 is 9.80 Å². The summed E-state index contributed by atoms with van der Waals surface area (Å²) in [6.07, 6.45) is 6.45. The maximum atomic E-state index is 13.2. The van der Waals surface area contributed by atoms with E-state index in [0.717, 1.165) is 55.0 Å². The first-order chi connectivity index (χ1) is 13.0. The average Bonchev–Trinajstić information content (AvgIpc) is 3.15. The highest BCUT2D eigenvalue weighted by Gasteiger charge is 2.28.